The van der Waals surface area contributed by atoms with Gasteiger partial charge in [-0.1, -0.05) is 12.1 Å². The molecule has 0 saturated heterocycles. The molecule has 168 valence electrons. The predicted octanol–water partition coefficient (Wildman–Crippen LogP) is 2.68. The average Bonchev–Trinajstić information content (AvgIpc) is 3.22. The van der Waals surface area contributed by atoms with Gasteiger partial charge in [-0.15, -0.1) is 24.0 Å². The summed E-state index contributed by atoms with van der Waals surface area (Å²) in [7, 11) is -1.87. The van der Waals surface area contributed by atoms with Crippen LogP contribution in [0.3, 0.4) is 0 Å². The smallest absolute Gasteiger partial charge is 0.243 e. The van der Waals surface area contributed by atoms with Gasteiger partial charge >= 0.3 is 0 Å². The Kier molecular flexibility index (Phi) is 11.3. The van der Waals surface area contributed by atoms with E-state index in [1.165, 1.54) is 4.31 Å². The summed E-state index contributed by atoms with van der Waals surface area (Å²) in [6.07, 6.45) is 4.65. The van der Waals surface area contributed by atoms with Crippen molar-refractivity contribution in [2.75, 3.05) is 20.1 Å². The second-order valence-corrected chi connectivity index (χ2v) is 9.00. The molecule has 8 nitrogen and oxygen atoms in total. The summed E-state index contributed by atoms with van der Waals surface area (Å²) in [6.45, 7) is 8.59. The van der Waals surface area contributed by atoms with Crippen LogP contribution < -0.4 is 10.6 Å². The van der Waals surface area contributed by atoms with E-state index < -0.39 is 10.0 Å². The van der Waals surface area contributed by atoms with Crippen LogP contribution in [-0.2, 0) is 23.1 Å². The first-order chi connectivity index (χ1) is 13.8. The second-order valence-electron chi connectivity index (χ2n) is 7.00. The van der Waals surface area contributed by atoms with Crippen molar-refractivity contribution in [1.82, 2.24) is 24.7 Å². The van der Waals surface area contributed by atoms with E-state index in [9.17, 15) is 8.42 Å². The number of sulfonamides is 1. The quantitative estimate of drug-likeness (QED) is 0.206. The van der Waals surface area contributed by atoms with Crippen molar-refractivity contribution in [3.8, 4) is 0 Å². The van der Waals surface area contributed by atoms with Gasteiger partial charge in [0.25, 0.3) is 0 Å². The Balaban J connectivity index is 0.00000450. The number of nitrogens with zero attached hydrogens (tertiary/aromatic N) is 4. The van der Waals surface area contributed by atoms with Gasteiger partial charge in [0.1, 0.15) is 0 Å². The molecule has 0 aliphatic carbocycles. The number of hydrogen-bond donors (Lipinski definition) is 2. The van der Waals surface area contributed by atoms with Crippen molar-refractivity contribution in [2.24, 2.45) is 4.99 Å². The van der Waals surface area contributed by atoms with E-state index in [-0.39, 0.29) is 30.0 Å². The van der Waals surface area contributed by atoms with E-state index in [1.54, 1.807) is 25.4 Å². The van der Waals surface area contributed by atoms with Crippen LogP contribution in [0, 0.1) is 0 Å². The number of aryl methyl sites for hydroxylation is 1. The number of guanidine groups is 1. The molecular formula is C20H33IN6O2S. The molecule has 10 heteroatoms. The molecule has 1 heterocycles. The molecule has 2 rings (SSSR count). The number of aliphatic imine (C=N–C) groups is 1. The highest BCUT2D eigenvalue weighted by Crippen LogP contribution is 2.17. The van der Waals surface area contributed by atoms with Gasteiger partial charge in [-0.25, -0.2) is 13.4 Å². The Morgan fingerprint density at radius 1 is 1.23 bits per heavy atom. The monoisotopic (exact) mass is 548 g/mol. The van der Waals surface area contributed by atoms with Gasteiger partial charge in [-0.2, -0.15) is 9.40 Å². The third-order valence-electron chi connectivity index (χ3n) is 4.51. The summed E-state index contributed by atoms with van der Waals surface area (Å²) in [6, 6.07) is 8.73. The zero-order valence-electron chi connectivity index (χ0n) is 18.1. The first-order valence-corrected chi connectivity index (χ1v) is 11.3. The van der Waals surface area contributed by atoms with Gasteiger partial charge in [0.15, 0.2) is 5.96 Å². The van der Waals surface area contributed by atoms with Crippen LogP contribution in [0.5, 0.6) is 0 Å². The summed E-state index contributed by atoms with van der Waals surface area (Å²) in [5.41, 5.74) is 0.949. The highest BCUT2D eigenvalue weighted by molar-refractivity contribution is 14.0. The molecule has 0 aliphatic rings. The van der Waals surface area contributed by atoms with Crippen LogP contribution in [0.4, 0.5) is 0 Å². The molecule has 2 N–H and O–H groups in total. The molecule has 0 aliphatic heterocycles. The number of aromatic nitrogens is 2. The van der Waals surface area contributed by atoms with Gasteiger partial charge < -0.3 is 10.6 Å². The van der Waals surface area contributed by atoms with Crippen LogP contribution in [0.25, 0.3) is 0 Å². The predicted molar refractivity (Wildman–Crippen MR) is 132 cm³/mol. The number of nitrogens with one attached hydrogen (secondary N) is 2. The molecule has 1 aromatic heterocycles. The lowest BCUT2D eigenvalue weighted by atomic mass is 10.2. The van der Waals surface area contributed by atoms with Crippen LogP contribution in [0.1, 0.15) is 32.8 Å². The Morgan fingerprint density at radius 2 is 1.93 bits per heavy atom. The number of halogens is 1. The van der Waals surface area contributed by atoms with Crippen LogP contribution >= 0.6 is 24.0 Å². The molecule has 0 spiro atoms. The maximum atomic E-state index is 12.5. The Hall–Kier alpha value is -1.66. The summed E-state index contributed by atoms with van der Waals surface area (Å²) < 4.78 is 28.4. The molecule has 0 bridgehead atoms. The van der Waals surface area contributed by atoms with E-state index >= 15 is 0 Å². The maximum Gasteiger partial charge on any atom is 0.243 e. The lowest BCUT2D eigenvalue weighted by Crippen LogP contribution is -2.38. The fourth-order valence-electron chi connectivity index (χ4n) is 2.60. The van der Waals surface area contributed by atoms with Gasteiger partial charge in [-0.05, 0) is 51.0 Å². The van der Waals surface area contributed by atoms with E-state index in [4.69, 9.17) is 0 Å². The minimum atomic E-state index is -3.46. The fraction of sp³-hybridized carbons (Fsp3) is 0.500. The van der Waals surface area contributed by atoms with Gasteiger partial charge in [0.2, 0.25) is 10.0 Å². The van der Waals surface area contributed by atoms with E-state index in [0.717, 1.165) is 37.6 Å². The van der Waals surface area contributed by atoms with Gasteiger partial charge in [0.05, 0.1) is 11.4 Å². The molecule has 0 amide bonds. The lowest BCUT2D eigenvalue weighted by Gasteiger charge is -2.21. The summed E-state index contributed by atoms with van der Waals surface area (Å²) >= 11 is 0. The van der Waals surface area contributed by atoms with Gasteiger partial charge in [-0.3, -0.25) is 4.68 Å². The van der Waals surface area contributed by atoms with E-state index in [1.807, 2.05) is 49.8 Å². The maximum absolute atomic E-state index is 12.5. The SMILES string of the molecule is CCNC(=NCc1ccc(S(=O)(=O)N(C)C(C)C)cc1)NCCCn1cccn1.I. The third kappa shape index (κ3) is 7.88. The van der Waals surface area contributed by atoms with Crippen LogP contribution in [0.15, 0.2) is 52.6 Å². The Morgan fingerprint density at radius 3 is 2.50 bits per heavy atom. The standard InChI is InChI=1S/C20H32N6O2S.HI/c1-5-21-20(22-12-6-14-26-15-7-13-24-26)23-16-18-8-10-19(11-9-18)29(27,28)25(4)17(2)3;/h7-11,13,15,17H,5-6,12,14,16H2,1-4H3,(H2,21,22,23);1H. The normalized spacial score (nSPS) is 12.1. The highest BCUT2D eigenvalue weighted by atomic mass is 127. The molecule has 2 aromatic rings. The topological polar surface area (TPSA) is 91.6 Å². The van der Waals surface area contributed by atoms with Crippen molar-refractivity contribution < 1.29 is 8.42 Å². The molecule has 0 radical (unpaired) electrons. The van der Waals surface area contributed by atoms with Crippen LogP contribution in [-0.4, -0.2) is 54.6 Å². The van der Waals surface area contributed by atoms with E-state index in [2.05, 4.69) is 20.7 Å². The largest absolute Gasteiger partial charge is 0.357 e. The average molecular weight is 548 g/mol. The first-order valence-electron chi connectivity index (χ1n) is 9.91. The summed E-state index contributed by atoms with van der Waals surface area (Å²) in [5.74, 6) is 0.740. The highest BCUT2D eigenvalue weighted by Gasteiger charge is 2.22. The van der Waals surface area contributed by atoms with Crippen molar-refractivity contribution >= 4 is 40.0 Å². The minimum absolute atomic E-state index is 0. The third-order valence-corrected chi connectivity index (χ3v) is 6.55. The number of benzene rings is 1. The zero-order valence-corrected chi connectivity index (χ0v) is 21.2. The minimum Gasteiger partial charge on any atom is -0.357 e. The Bertz CT molecular complexity index is 867. The van der Waals surface area contributed by atoms with Crippen molar-refractivity contribution in [3.63, 3.8) is 0 Å². The van der Waals surface area contributed by atoms with Crippen molar-refractivity contribution in [2.45, 2.75) is 51.2 Å². The van der Waals surface area contributed by atoms with Crippen molar-refractivity contribution in [3.05, 3.63) is 48.3 Å². The molecule has 1 aromatic carbocycles. The zero-order chi connectivity index (χ0) is 21.3. The number of rotatable bonds is 10. The molecular weight excluding hydrogens is 515 g/mol. The lowest BCUT2D eigenvalue weighted by molar-refractivity contribution is 0.410. The molecule has 0 saturated carbocycles. The number of hydrogen-bond acceptors (Lipinski definition) is 4. The fourth-order valence-corrected chi connectivity index (χ4v) is 3.97. The Labute approximate surface area is 197 Å². The van der Waals surface area contributed by atoms with Gasteiger partial charge in [0, 0.05) is 45.1 Å². The summed E-state index contributed by atoms with van der Waals surface area (Å²) in [4.78, 5) is 4.88. The second kappa shape index (κ2) is 12.9. The van der Waals surface area contributed by atoms with Crippen LogP contribution in [0.2, 0.25) is 0 Å². The molecule has 30 heavy (non-hydrogen) atoms. The summed E-state index contributed by atoms with van der Waals surface area (Å²) in [5, 5.41) is 10.7. The molecule has 0 unspecified atom stereocenters. The van der Waals surface area contributed by atoms with Crippen molar-refractivity contribution in [1.29, 1.82) is 0 Å². The molecule has 0 fully saturated rings. The molecule has 0 atom stereocenters. The van der Waals surface area contributed by atoms with E-state index in [0.29, 0.717) is 11.4 Å². The first kappa shape index (κ1) is 26.4.